The second kappa shape index (κ2) is 28.2. The van der Waals surface area contributed by atoms with Gasteiger partial charge in [0, 0.05) is 0 Å². The van der Waals surface area contributed by atoms with Gasteiger partial charge in [0.2, 0.25) is 0 Å². The van der Waals surface area contributed by atoms with Gasteiger partial charge in [-0.15, -0.1) is 0 Å². The summed E-state index contributed by atoms with van der Waals surface area (Å²) in [4.78, 5) is 0. The zero-order chi connectivity index (χ0) is 24.2. The Labute approximate surface area is 212 Å². The molecule has 0 fully saturated rings. The second-order valence-corrected chi connectivity index (χ2v) is 11.8. The Morgan fingerprint density at radius 2 is 0.485 bits per heavy atom. The van der Waals surface area contributed by atoms with Gasteiger partial charge >= 0.3 is 0 Å². The molecule has 0 saturated carbocycles. The van der Waals surface area contributed by atoms with Crippen LogP contribution in [0.15, 0.2) is 0 Å². The maximum absolute atomic E-state index is 2.51. The third kappa shape index (κ3) is 28.1. The summed E-state index contributed by atoms with van der Waals surface area (Å²) in [6.07, 6.45) is 39.6. The van der Waals surface area contributed by atoms with E-state index in [1.165, 1.54) is 173 Å². The number of unbranched alkanes of at least 4 members (excludes halogenated alkanes) is 21. The molecule has 0 nitrogen and oxygen atoms in total. The maximum atomic E-state index is 2.51. The SMILES string of the molecule is CCCCCCCCCCCCCCCC(C)CCC(C)CCCCCCCCCCCC. The van der Waals surface area contributed by atoms with E-state index in [1.807, 2.05) is 0 Å². The monoisotopic (exact) mass is 465 g/mol. The molecule has 2 unspecified atom stereocenters. The molecule has 200 valence electrons. The van der Waals surface area contributed by atoms with Crippen LogP contribution in [0.25, 0.3) is 0 Å². The van der Waals surface area contributed by atoms with Crippen LogP contribution < -0.4 is 0 Å². The van der Waals surface area contributed by atoms with Gasteiger partial charge in [-0.1, -0.05) is 201 Å². The van der Waals surface area contributed by atoms with Crippen molar-refractivity contribution < 1.29 is 0 Å². The highest BCUT2D eigenvalue weighted by atomic mass is 14.1. The smallest absolute Gasteiger partial charge is 0.0443 e. The van der Waals surface area contributed by atoms with E-state index in [1.54, 1.807) is 0 Å². The topological polar surface area (TPSA) is 0 Å². The lowest BCUT2D eigenvalue weighted by Crippen LogP contribution is -2.01. The summed E-state index contributed by atoms with van der Waals surface area (Å²) in [6, 6.07) is 0. The highest BCUT2D eigenvalue weighted by Crippen LogP contribution is 2.22. The number of hydrogen-bond donors (Lipinski definition) is 0. The lowest BCUT2D eigenvalue weighted by molar-refractivity contribution is 0.376. The van der Waals surface area contributed by atoms with Crippen molar-refractivity contribution in [2.75, 3.05) is 0 Å². The average Bonchev–Trinajstić information content (AvgIpc) is 2.82. The van der Waals surface area contributed by atoms with Crippen LogP contribution in [0.4, 0.5) is 0 Å². The quantitative estimate of drug-likeness (QED) is 0.101. The van der Waals surface area contributed by atoms with Gasteiger partial charge in [0.1, 0.15) is 0 Å². The molecule has 0 radical (unpaired) electrons. The fourth-order valence-corrected chi connectivity index (χ4v) is 5.35. The normalized spacial score (nSPS) is 13.5. The standard InChI is InChI=1S/C33H68/c1-5-7-9-11-13-15-17-18-19-21-23-25-27-29-33(4)31-30-32(3)28-26-24-22-20-16-14-12-10-8-6-2/h32-33H,5-31H2,1-4H3. The van der Waals surface area contributed by atoms with Crippen molar-refractivity contribution >= 4 is 0 Å². The van der Waals surface area contributed by atoms with E-state index >= 15 is 0 Å². The second-order valence-electron chi connectivity index (χ2n) is 11.8. The minimum atomic E-state index is 0.952. The summed E-state index contributed by atoms with van der Waals surface area (Å²) in [5.74, 6) is 1.90. The summed E-state index contributed by atoms with van der Waals surface area (Å²) in [7, 11) is 0. The summed E-state index contributed by atoms with van der Waals surface area (Å²) >= 11 is 0. The fraction of sp³-hybridized carbons (Fsp3) is 1.00. The Balaban J connectivity index is 3.27. The summed E-state index contributed by atoms with van der Waals surface area (Å²) < 4.78 is 0. The molecular formula is C33H68. The van der Waals surface area contributed by atoms with E-state index in [4.69, 9.17) is 0 Å². The Hall–Kier alpha value is 0. The molecule has 0 heteroatoms. The first-order valence-electron chi connectivity index (χ1n) is 16.2. The summed E-state index contributed by atoms with van der Waals surface area (Å²) in [6.45, 7) is 9.63. The zero-order valence-electron chi connectivity index (χ0n) is 24.2. The molecular weight excluding hydrogens is 396 g/mol. The molecule has 2 atom stereocenters. The van der Waals surface area contributed by atoms with Crippen LogP contribution in [0.3, 0.4) is 0 Å². The predicted octanol–water partition coefficient (Wildman–Crippen LogP) is 12.8. The molecule has 0 spiro atoms. The van der Waals surface area contributed by atoms with Gasteiger partial charge in [-0.2, -0.15) is 0 Å². The number of hydrogen-bond acceptors (Lipinski definition) is 0. The van der Waals surface area contributed by atoms with Crippen molar-refractivity contribution in [2.45, 2.75) is 201 Å². The molecule has 0 aliphatic heterocycles. The minimum Gasteiger partial charge on any atom is -0.0654 e. The summed E-state index contributed by atoms with van der Waals surface area (Å²) in [5, 5.41) is 0. The maximum Gasteiger partial charge on any atom is -0.0443 e. The molecule has 0 rings (SSSR count). The van der Waals surface area contributed by atoms with Crippen LogP contribution in [0.5, 0.6) is 0 Å². The van der Waals surface area contributed by atoms with Gasteiger partial charge in [0.15, 0.2) is 0 Å². The van der Waals surface area contributed by atoms with Crippen molar-refractivity contribution in [1.82, 2.24) is 0 Å². The van der Waals surface area contributed by atoms with E-state index < -0.39 is 0 Å². The van der Waals surface area contributed by atoms with Gasteiger partial charge in [0.05, 0.1) is 0 Å². The minimum absolute atomic E-state index is 0.952. The molecule has 0 bridgehead atoms. The molecule has 0 aliphatic rings. The first-order valence-corrected chi connectivity index (χ1v) is 16.2. The molecule has 0 aromatic carbocycles. The van der Waals surface area contributed by atoms with E-state index in [0.717, 1.165) is 11.8 Å². The summed E-state index contributed by atoms with van der Waals surface area (Å²) in [5.41, 5.74) is 0. The van der Waals surface area contributed by atoms with E-state index in [9.17, 15) is 0 Å². The molecule has 0 aromatic rings. The molecule has 0 aliphatic carbocycles. The largest absolute Gasteiger partial charge is 0.0654 e. The third-order valence-corrected chi connectivity index (χ3v) is 8.00. The fourth-order valence-electron chi connectivity index (χ4n) is 5.35. The van der Waals surface area contributed by atoms with Crippen molar-refractivity contribution in [1.29, 1.82) is 0 Å². The highest BCUT2D eigenvalue weighted by molar-refractivity contribution is 4.60. The van der Waals surface area contributed by atoms with E-state index in [0.29, 0.717) is 0 Å². The van der Waals surface area contributed by atoms with Crippen LogP contribution in [-0.4, -0.2) is 0 Å². The Morgan fingerprint density at radius 1 is 0.273 bits per heavy atom. The van der Waals surface area contributed by atoms with Gasteiger partial charge in [-0.25, -0.2) is 0 Å². The van der Waals surface area contributed by atoms with Gasteiger partial charge in [-0.05, 0) is 11.8 Å². The Kier molecular flexibility index (Phi) is 28.2. The lowest BCUT2D eigenvalue weighted by Gasteiger charge is -2.15. The molecule has 0 saturated heterocycles. The van der Waals surface area contributed by atoms with Gasteiger partial charge < -0.3 is 0 Å². The van der Waals surface area contributed by atoms with Crippen molar-refractivity contribution in [3.05, 3.63) is 0 Å². The average molecular weight is 465 g/mol. The van der Waals surface area contributed by atoms with Crippen molar-refractivity contribution in [3.8, 4) is 0 Å². The van der Waals surface area contributed by atoms with Crippen LogP contribution in [-0.2, 0) is 0 Å². The van der Waals surface area contributed by atoms with Crippen molar-refractivity contribution in [2.24, 2.45) is 11.8 Å². The van der Waals surface area contributed by atoms with Gasteiger partial charge in [0.25, 0.3) is 0 Å². The van der Waals surface area contributed by atoms with Crippen LogP contribution in [0.2, 0.25) is 0 Å². The van der Waals surface area contributed by atoms with Crippen LogP contribution >= 0.6 is 0 Å². The predicted molar refractivity (Wildman–Crippen MR) is 154 cm³/mol. The van der Waals surface area contributed by atoms with Crippen LogP contribution in [0, 0.1) is 11.8 Å². The third-order valence-electron chi connectivity index (χ3n) is 8.00. The van der Waals surface area contributed by atoms with Crippen molar-refractivity contribution in [3.63, 3.8) is 0 Å². The molecule has 0 N–H and O–H groups in total. The molecule has 0 heterocycles. The molecule has 33 heavy (non-hydrogen) atoms. The Bertz CT molecular complexity index is 333. The van der Waals surface area contributed by atoms with Gasteiger partial charge in [-0.3, -0.25) is 0 Å². The Morgan fingerprint density at radius 3 is 0.727 bits per heavy atom. The van der Waals surface area contributed by atoms with E-state index in [-0.39, 0.29) is 0 Å². The first-order chi connectivity index (χ1) is 16.2. The van der Waals surface area contributed by atoms with E-state index in [2.05, 4.69) is 27.7 Å². The zero-order valence-corrected chi connectivity index (χ0v) is 24.2. The number of rotatable bonds is 28. The molecule has 0 aromatic heterocycles. The highest BCUT2D eigenvalue weighted by Gasteiger charge is 2.07. The molecule has 0 amide bonds. The first kappa shape index (κ1) is 33.0. The lowest BCUT2D eigenvalue weighted by atomic mass is 9.91. The van der Waals surface area contributed by atoms with Crippen LogP contribution in [0.1, 0.15) is 201 Å².